The molecule has 2 aliphatic rings. The molecule has 2 unspecified atom stereocenters. The fourth-order valence-corrected chi connectivity index (χ4v) is 4.72. The highest BCUT2D eigenvalue weighted by Gasteiger charge is 2.59. The van der Waals surface area contributed by atoms with Crippen molar-refractivity contribution in [2.75, 3.05) is 24.5 Å². The highest BCUT2D eigenvalue weighted by Crippen LogP contribution is 2.52. The lowest BCUT2D eigenvalue weighted by Gasteiger charge is -2.64. The molecule has 1 spiro atoms. The topological polar surface area (TPSA) is 69.6 Å². The van der Waals surface area contributed by atoms with Crippen LogP contribution in [0.15, 0.2) is 12.4 Å². The van der Waals surface area contributed by atoms with E-state index in [0.29, 0.717) is 13.1 Å². The third kappa shape index (κ3) is 2.99. The lowest BCUT2D eigenvalue weighted by Crippen LogP contribution is -2.74. The van der Waals surface area contributed by atoms with E-state index in [1.54, 1.807) is 4.90 Å². The zero-order valence-corrected chi connectivity index (χ0v) is 15.9. The number of piperidine rings is 1. The average molecular weight is 430 g/mol. The third-order valence-corrected chi connectivity index (χ3v) is 5.50. The smallest absolute Gasteiger partial charge is 0.407 e. The fourth-order valence-electron chi connectivity index (χ4n) is 4.44. The Morgan fingerprint density at radius 2 is 2.00 bits per heavy atom. The van der Waals surface area contributed by atoms with E-state index < -0.39 is 6.09 Å². The van der Waals surface area contributed by atoms with Gasteiger partial charge in [0.25, 0.3) is 0 Å². The van der Waals surface area contributed by atoms with E-state index in [1.165, 1.54) is 0 Å². The van der Waals surface area contributed by atoms with Gasteiger partial charge in [-0.05, 0) is 40.8 Å². The van der Waals surface area contributed by atoms with E-state index >= 15 is 0 Å². The predicted molar refractivity (Wildman–Crippen MR) is 96.6 cm³/mol. The Hall–Kier alpha value is -1.12. The van der Waals surface area contributed by atoms with Gasteiger partial charge in [-0.15, -0.1) is 0 Å². The zero-order chi connectivity index (χ0) is 16.8. The maximum Gasteiger partial charge on any atom is 0.407 e. The van der Waals surface area contributed by atoms with Crippen molar-refractivity contribution in [3.63, 3.8) is 0 Å². The largest absolute Gasteiger partial charge is 0.465 e. The Labute approximate surface area is 150 Å². The van der Waals surface area contributed by atoms with Gasteiger partial charge in [-0.3, -0.25) is 0 Å². The number of hydrogen-bond donors (Lipinski definition) is 1. The van der Waals surface area contributed by atoms with Crippen LogP contribution in [0.25, 0.3) is 0 Å². The maximum atomic E-state index is 11.4. The van der Waals surface area contributed by atoms with E-state index in [9.17, 15) is 9.90 Å². The Morgan fingerprint density at radius 1 is 1.35 bits per heavy atom. The van der Waals surface area contributed by atoms with E-state index in [1.807, 2.05) is 12.4 Å². The van der Waals surface area contributed by atoms with E-state index in [4.69, 9.17) is 0 Å². The maximum absolute atomic E-state index is 11.4. The summed E-state index contributed by atoms with van der Waals surface area (Å²) < 4.78 is 1.02. The Bertz CT molecular complexity index is 601. The van der Waals surface area contributed by atoms with Crippen LogP contribution in [0.1, 0.15) is 33.6 Å². The van der Waals surface area contributed by atoms with Gasteiger partial charge in [0.2, 0.25) is 5.95 Å². The van der Waals surface area contributed by atoms with Crippen molar-refractivity contribution in [3.8, 4) is 0 Å². The van der Waals surface area contributed by atoms with Crippen molar-refractivity contribution in [3.05, 3.63) is 16.0 Å². The molecule has 2 saturated heterocycles. The van der Waals surface area contributed by atoms with Crippen LogP contribution in [0.5, 0.6) is 0 Å². The molecule has 0 aliphatic carbocycles. The number of aromatic nitrogens is 2. The van der Waals surface area contributed by atoms with Crippen molar-refractivity contribution < 1.29 is 9.90 Å². The summed E-state index contributed by atoms with van der Waals surface area (Å²) in [5.74, 6) is 0.753. The molecular formula is C16H23IN4O2. The molecule has 1 amide bonds. The molecule has 1 aromatic rings. The normalized spacial score (nSPS) is 27.9. The summed E-state index contributed by atoms with van der Waals surface area (Å²) in [5.41, 5.74) is 0.0490. The molecule has 0 aromatic carbocycles. The second-order valence-corrected chi connectivity index (χ2v) is 9.01. The first kappa shape index (κ1) is 16.7. The molecule has 1 aromatic heterocycles. The van der Waals surface area contributed by atoms with Gasteiger partial charge in [0, 0.05) is 47.1 Å². The quantitative estimate of drug-likeness (QED) is 0.694. The number of anilines is 1. The minimum atomic E-state index is -0.805. The van der Waals surface area contributed by atoms with Crippen molar-refractivity contribution >= 4 is 34.6 Å². The molecule has 3 rings (SSSR count). The van der Waals surface area contributed by atoms with Crippen LogP contribution in [0.2, 0.25) is 0 Å². The minimum absolute atomic E-state index is 0.0151. The van der Waals surface area contributed by atoms with Gasteiger partial charge < -0.3 is 14.9 Å². The molecule has 2 fully saturated rings. The van der Waals surface area contributed by atoms with Crippen LogP contribution in [0.4, 0.5) is 10.7 Å². The molecular weight excluding hydrogens is 407 g/mol. The lowest BCUT2D eigenvalue weighted by atomic mass is 9.58. The van der Waals surface area contributed by atoms with Crippen LogP contribution in [0.3, 0.4) is 0 Å². The van der Waals surface area contributed by atoms with Crippen LogP contribution in [-0.4, -0.2) is 51.7 Å². The minimum Gasteiger partial charge on any atom is -0.465 e. The van der Waals surface area contributed by atoms with Crippen LogP contribution in [-0.2, 0) is 0 Å². The zero-order valence-electron chi connectivity index (χ0n) is 13.8. The van der Waals surface area contributed by atoms with Gasteiger partial charge in [0.15, 0.2) is 0 Å². The molecule has 3 heterocycles. The summed E-state index contributed by atoms with van der Waals surface area (Å²) in [6.45, 7) is 8.76. The molecule has 23 heavy (non-hydrogen) atoms. The number of hydrogen-bond acceptors (Lipinski definition) is 4. The number of rotatable bonds is 1. The highest BCUT2D eigenvalue weighted by molar-refractivity contribution is 14.1. The lowest BCUT2D eigenvalue weighted by molar-refractivity contribution is -0.0190. The number of amides is 1. The molecule has 1 N–H and O–H groups in total. The second kappa shape index (κ2) is 5.75. The Kier molecular flexibility index (Phi) is 4.18. The number of nitrogens with zero attached hydrogens (tertiary/aromatic N) is 4. The number of carbonyl (C=O) groups is 1. The summed E-state index contributed by atoms with van der Waals surface area (Å²) >= 11 is 2.20. The van der Waals surface area contributed by atoms with E-state index in [0.717, 1.165) is 28.9 Å². The predicted octanol–water partition coefficient (Wildman–Crippen LogP) is 3.08. The average Bonchev–Trinajstić information content (AvgIpc) is 2.44. The molecule has 7 heteroatoms. The summed E-state index contributed by atoms with van der Waals surface area (Å²) in [5, 5.41) is 9.38. The first-order chi connectivity index (χ1) is 10.7. The van der Waals surface area contributed by atoms with Crippen molar-refractivity contribution in [1.29, 1.82) is 0 Å². The summed E-state index contributed by atoms with van der Waals surface area (Å²) in [7, 11) is 0. The SMILES string of the molecule is CC(C)(C)C1N(c2ncc(I)cn2)CC12CCCN(C(=O)O)C2. The molecule has 2 aliphatic heterocycles. The summed E-state index contributed by atoms with van der Waals surface area (Å²) in [4.78, 5) is 24.2. The van der Waals surface area contributed by atoms with Crippen LogP contribution >= 0.6 is 22.6 Å². The molecule has 126 valence electrons. The number of halogens is 1. The second-order valence-electron chi connectivity index (χ2n) is 7.77. The van der Waals surface area contributed by atoms with Crippen molar-refractivity contribution in [2.24, 2.45) is 10.8 Å². The first-order valence-electron chi connectivity index (χ1n) is 7.95. The van der Waals surface area contributed by atoms with Crippen molar-refractivity contribution in [1.82, 2.24) is 14.9 Å². The van der Waals surface area contributed by atoms with Gasteiger partial charge in [-0.25, -0.2) is 14.8 Å². The molecule has 6 nitrogen and oxygen atoms in total. The van der Waals surface area contributed by atoms with Crippen LogP contribution in [0, 0.1) is 14.4 Å². The fraction of sp³-hybridized carbons (Fsp3) is 0.688. The number of likely N-dealkylation sites (tertiary alicyclic amines) is 1. The Morgan fingerprint density at radius 3 is 2.57 bits per heavy atom. The molecule has 0 bridgehead atoms. The van der Waals surface area contributed by atoms with Gasteiger partial charge >= 0.3 is 6.09 Å². The first-order valence-corrected chi connectivity index (χ1v) is 9.03. The summed E-state index contributed by atoms with van der Waals surface area (Å²) in [6, 6.07) is 0.247. The molecule has 0 saturated carbocycles. The van der Waals surface area contributed by atoms with E-state index in [2.05, 4.69) is 58.2 Å². The number of carboxylic acid groups (broad SMARTS) is 1. The van der Waals surface area contributed by atoms with Gasteiger partial charge in [-0.1, -0.05) is 20.8 Å². The summed E-state index contributed by atoms with van der Waals surface area (Å²) in [6.07, 6.45) is 4.86. The Balaban J connectivity index is 1.88. The van der Waals surface area contributed by atoms with Gasteiger partial charge in [-0.2, -0.15) is 0 Å². The van der Waals surface area contributed by atoms with Gasteiger partial charge in [0.05, 0.1) is 0 Å². The third-order valence-electron chi connectivity index (χ3n) is 4.94. The van der Waals surface area contributed by atoms with Gasteiger partial charge in [0.1, 0.15) is 0 Å². The highest BCUT2D eigenvalue weighted by atomic mass is 127. The molecule has 0 radical (unpaired) electrons. The van der Waals surface area contributed by atoms with E-state index in [-0.39, 0.29) is 16.9 Å². The monoisotopic (exact) mass is 430 g/mol. The standard InChI is InChI=1S/C16H23IN4O2/c1-15(2,3)12-16(5-4-6-20(9-16)14(22)23)10-21(12)13-18-7-11(17)8-19-13/h7-8,12H,4-6,9-10H2,1-3H3,(H,22,23). The van der Waals surface area contributed by atoms with Crippen molar-refractivity contribution in [2.45, 2.75) is 39.7 Å². The van der Waals surface area contributed by atoms with Crippen LogP contribution < -0.4 is 4.90 Å². The molecule has 2 atom stereocenters.